The normalized spacial score (nSPS) is 13.7. The second-order valence-corrected chi connectivity index (χ2v) is 7.39. The Morgan fingerprint density at radius 1 is 1.00 bits per heavy atom. The van der Waals surface area contributed by atoms with Gasteiger partial charge in [-0.25, -0.2) is 8.42 Å². The average Bonchev–Trinajstić information content (AvgIpc) is 2.50. The van der Waals surface area contributed by atoms with Gasteiger partial charge in [-0.1, -0.05) is 11.6 Å². The number of rotatable bonds is 3. The molecule has 0 aromatic heterocycles. The van der Waals surface area contributed by atoms with Gasteiger partial charge in [0, 0.05) is 11.1 Å². The van der Waals surface area contributed by atoms with E-state index in [0.29, 0.717) is 46.5 Å². The van der Waals surface area contributed by atoms with Crippen LogP contribution < -0.4 is 14.2 Å². The van der Waals surface area contributed by atoms with Crippen LogP contribution in [0, 0.1) is 13.8 Å². The number of aryl methyl sites for hydroxylation is 2. The number of nitrogens with one attached hydrogen (secondary N) is 1. The molecular formula is C16H16ClNO4S. The monoisotopic (exact) mass is 353 g/mol. The molecule has 122 valence electrons. The lowest BCUT2D eigenvalue weighted by Gasteiger charge is -2.19. The highest BCUT2D eigenvalue weighted by molar-refractivity contribution is 7.92. The highest BCUT2D eigenvalue weighted by Gasteiger charge is 2.20. The SMILES string of the molecule is Cc1cc(S(=O)(=O)Nc2ccc3c(c2)OCCO3)c(C)cc1Cl. The van der Waals surface area contributed by atoms with Gasteiger partial charge in [0.05, 0.1) is 10.6 Å². The standard InChI is InChI=1S/C16H16ClNO4S/c1-10-8-16(11(2)7-13(10)17)23(19,20)18-12-3-4-14-15(9-12)22-6-5-21-14/h3-4,7-9,18H,5-6H2,1-2H3. The fourth-order valence-electron chi connectivity index (χ4n) is 2.36. The van der Waals surface area contributed by atoms with Gasteiger partial charge in [0.2, 0.25) is 0 Å². The molecule has 0 aliphatic carbocycles. The van der Waals surface area contributed by atoms with Gasteiger partial charge < -0.3 is 9.47 Å². The van der Waals surface area contributed by atoms with Gasteiger partial charge in [-0.2, -0.15) is 0 Å². The number of anilines is 1. The first-order chi connectivity index (χ1) is 10.9. The lowest BCUT2D eigenvalue weighted by Crippen LogP contribution is -2.17. The van der Waals surface area contributed by atoms with Crippen molar-refractivity contribution in [2.45, 2.75) is 18.7 Å². The molecule has 0 saturated heterocycles. The maximum absolute atomic E-state index is 12.6. The predicted octanol–water partition coefficient (Wildman–Crippen LogP) is 3.53. The number of benzene rings is 2. The molecule has 7 heteroatoms. The van der Waals surface area contributed by atoms with E-state index < -0.39 is 10.0 Å². The molecule has 5 nitrogen and oxygen atoms in total. The Hall–Kier alpha value is -1.92. The Labute approximate surface area is 140 Å². The summed E-state index contributed by atoms with van der Waals surface area (Å²) < 4.78 is 38.7. The summed E-state index contributed by atoms with van der Waals surface area (Å²) in [5.74, 6) is 1.14. The molecule has 1 heterocycles. The van der Waals surface area contributed by atoms with Crippen molar-refractivity contribution < 1.29 is 17.9 Å². The van der Waals surface area contributed by atoms with Crippen molar-refractivity contribution >= 4 is 27.3 Å². The molecule has 2 aromatic carbocycles. The van der Waals surface area contributed by atoms with Gasteiger partial charge >= 0.3 is 0 Å². The molecule has 23 heavy (non-hydrogen) atoms. The Morgan fingerprint density at radius 2 is 1.70 bits per heavy atom. The van der Waals surface area contributed by atoms with Crippen LogP contribution in [0.2, 0.25) is 5.02 Å². The zero-order valence-electron chi connectivity index (χ0n) is 12.7. The smallest absolute Gasteiger partial charge is 0.262 e. The molecule has 0 saturated carbocycles. The van der Waals surface area contributed by atoms with Gasteiger partial charge in [0.1, 0.15) is 13.2 Å². The van der Waals surface area contributed by atoms with Gasteiger partial charge in [-0.3, -0.25) is 4.72 Å². The number of sulfonamides is 1. The van der Waals surface area contributed by atoms with Gasteiger partial charge in [-0.05, 0) is 49.2 Å². The third-order valence-electron chi connectivity index (χ3n) is 3.54. The van der Waals surface area contributed by atoms with E-state index in [4.69, 9.17) is 21.1 Å². The molecule has 0 fully saturated rings. The Morgan fingerprint density at radius 3 is 2.43 bits per heavy atom. The Kier molecular flexibility index (Phi) is 4.12. The highest BCUT2D eigenvalue weighted by atomic mass is 35.5. The number of fused-ring (bicyclic) bond motifs is 1. The minimum Gasteiger partial charge on any atom is -0.486 e. The molecule has 3 rings (SSSR count). The molecule has 1 N–H and O–H groups in total. The molecule has 0 spiro atoms. The van der Waals surface area contributed by atoms with Crippen LogP contribution in [-0.4, -0.2) is 21.6 Å². The lowest BCUT2D eigenvalue weighted by atomic mass is 10.2. The Balaban J connectivity index is 1.94. The first-order valence-corrected chi connectivity index (χ1v) is 8.92. The van der Waals surface area contributed by atoms with Crippen molar-refractivity contribution in [1.82, 2.24) is 0 Å². The summed E-state index contributed by atoms with van der Waals surface area (Å²) in [5.41, 5.74) is 1.71. The molecule has 0 unspecified atom stereocenters. The molecule has 0 bridgehead atoms. The van der Waals surface area contributed by atoms with Crippen molar-refractivity contribution in [3.05, 3.63) is 46.5 Å². The third-order valence-corrected chi connectivity index (χ3v) is 5.47. The van der Waals surface area contributed by atoms with Crippen LogP contribution in [0.1, 0.15) is 11.1 Å². The molecule has 1 aliphatic heterocycles. The summed E-state index contributed by atoms with van der Waals surface area (Å²) in [6.45, 7) is 4.41. The van der Waals surface area contributed by atoms with Crippen LogP contribution >= 0.6 is 11.6 Å². The summed E-state index contributed by atoms with van der Waals surface area (Å²) in [6, 6.07) is 8.16. The van der Waals surface area contributed by atoms with E-state index >= 15 is 0 Å². The molecule has 1 aliphatic rings. The summed E-state index contributed by atoms with van der Waals surface area (Å²) in [4.78, 5) is 0.203. The Bertz CT molecular complexity index is 865. The van der Waals surface area contributed by atoms with Crippen molar-refractivity contribution in [3.8, 4) is 11.5 Å². The largest absolute Gasteiger partial charge is 0.486 e. The fourth-order valence-corrected chi connectivity index (χ4v) is 3.94. The predicted molar refractivity (Wildman–Crippen MR) is 89.2 cm³/mol. The number of hydrogen-bond donors (Lipinski definition) is 1. The van der Waals surface area contributed by atoms with E-state index in [1.54, 1.807) is 44.2 Å². The van der Waals surface area contributed by atoms with Crippen LogP contribution in [0.25, 0.3) is 0 Å². The van der Waals surface area contributed by atoms with Crippen LogP contribution in [0.4, 0.5) is 5.69 Å². The number of hydrogen-bond acceptors (Lipinski definition) is 4. The quantitative estimate of drug-likeness (QED) is 0.916. The maximum atomic E-state index is 12.6. The van der Waals surface area contributed by atoms with Crippen molar-refractivity contribution in [2.24, 2.45) is 0 Å². The fraction of sp³-hybridized carbons (Fsp3) is 0.250. The zero-order valence-corrected chi connectivity index (χ0v) is 14.3. The van der Waals surface area contributed by atoms with Crippen LogP contribution in [0.15, 0.2) is 35.2 Å². The van der Waals surface area contributed by atoms with Gasteiger partial charge in [0.25, 0.3) is 10.0 Å². The molecule has 0 atom stereocenters. The van der Waals surface area contributed by atoms with Crippen molar-refractivity contribution in [3.63, 3.8) is 0 Å². The second-order valence-electron chi connectivity index (χ2n) is 5.33. The summed E-state index contributed by atoms with van der Waals surface area (Å²) >= 11 is 6.03. The van der Waals surface area contributed by atoms with Gasteiger partial charge in [0.15, 0.2) is 11.5 Å². The highest BCUT2D eigenvalue weighted by Crippen LogP contribution is 2.33. The van der Waals surface area contributed by atoms with E-state index in [1.807, 2.05) is 0 Å². The zero-order chi connectivity index (χ0) is 16.6. The van der Waals surface area contributed by atoms with E-state index in [-0.39, 0.29) is 4.90 Å². The first kappa shape index (κ1) is 16.0. The van der Waals surface area contributed by atoms with Crippen molar-refractivity contribution in [2.75, 3.05) is 17.9 Å². The minimum atomic E-state index is -3.71. The average molecular weight is 354 g/mol. The second kappa shape index (κ2) is 5.94. The molecular weight excluding hydrogens is 338 g/mol. The topological polar surface area (TPSA) is 64.6 Å². The molecule has 0 radical (unpaired) electrons. The third kappa shape index (κ3) is 3.23. The van der Waals surface area contributed by atoms with E-state index in [9.17, 15) is 8.42 Å². The lowest BCUT2D eigenvalue weighted by molar-refractivity contribution is 0.171. The van der Waals surface area contributed by atoms with E-state index in [0.717, 1.165) is 0 Å². The number of ether oxygens (including phenoxy) is 2. The maximum Gasteiger partial charge on any atom is 0.262 e. The van der Waals surface area contributed by atoms with Gasteiger partial charge in [-0.15, -0.1) is 0 Å². The number of halogens is 1. The summed E-state index contributed by atoms with van der Waals surface area (Å²) in [7, 11) is -3.71. The van der Waals surface area contributed by atoms with E-state index in [2.05, 4.69) is 4.72 Å². The first-order valence-electron chi connectivity index (χ1n) is 7.06. The van der Waals surface area contributed by atoms with Crippen LogP contribution in [0.5, 0.6) is 11.5 Å². The molecule has 0 amide bonds. The van der Waals surface area contributed by atoms with E-state index in [1.165, 1.54) is 0 Å². The minimum absolute atomic E-state index is 0.203. The molecule has 2 aromatic rings. The van der Waals surface area contributed by atoms with Crippen molar-refractivity contribution in [1.29, 1.82) is 0 Å². The van der Waals surface area contributed by atoms with Crippen LogP contribution in [0.3, 0.4) is 0 Å². The summed E-state index contributed by atoms with van der Waals surface area (Å²) in [5, 5.41) is 0.542. The van der Waals surface area contributed by atoms with Crippen LogP contribution in [-0.2, 0) is 10.0 Å². The summed E-state index contributed by atoms with van der Waals surface area (Å²) in [6.07, 6.45) is 0.